The van der Waals surface area contributed by atoms with Crippen molar-refractivity contribution in [3.63, 3.8) is 0 Å². The Hall–Kier alpha value is -1.22. The average molecular weight is 207 g/mol. The minimum atomic E-state index is -0.315. The molecule has 3 nitrogen and oxygen atoms in total. The lowest BCUT2D eigenvalue weighted by molar-refractivity contribution is -0.130. The number of carbonyl (C=O) groups is 1. The van der Waals surface area contributed by atoms with E-state index in [1.807, 2.05) is 26.0 Å². The van der Waals surface area contributed by atoms with Crippen molar-refractivity contribution < 1.29 is 9.53 Å². The summed E-state index contributed by atoms with van der Waals surface area (Å²) >= 11 is 0. The van der Waals surface area contributed by atoms with Crippen LogP contribution >= 0.6 is 0 Å². The Bertz CT molecular complexity index is 309. The van der Waals surface area contributed by atoms with Crippen molar-refractivity contribution in [2.24, 2.45) is 5.92 Å². The fourth-order valence-corrected chi connectivity index (χ4v) is 1.58. The van der Waals surface area contributed by atoms with Crippen molar-refractivity contribution in [1.82, 2.24) is 4.98 Å². The molecule has 1 heterocycles. The van der Waals surface area contributed by atoms with Crippen LogP contribution < -0.4 is 0 Å². The first kappa shape index (κ1) is 11.9. The van der Waals surface area contributed by atoms with Crippen LogP contribution in [0.2, 0.25) is 0 Å². The molecule has 0 fully saturated rings. The molecule has 1 unspecified atom stereocenters. The molecule has 82 valence electrons. The molecule has 3 heteroatoms. The summed E-state index contributed by atoms with van der Waals surface area (Å²) < 4.78 is 5.18. The Morgan fingerprint density at radius 2 is 2.27 bits per heavy atom. The molecular formula is C12H17NO2. The molecule has 1 rings (SSSR count). The largest absolute Gasteiger partial charge is 0.373 e. The number of ether oxygens (including phenoxy) is 1. The summed E-state index contributed by atoms with van der Waals surface area (Å²) in [6, 6.07) is 3.73. The van der Waals surface area contributed by atoms with Gasteiger partial charge in [0.2, 0.25) is 0 Å². The summed E-state index contributed by atoms with van der Waals surface area (Å²) in [6.07, 6.45) is 3.49. The zero-order chi connectivity index (χ0) is 11.3. The molecule has 0 N–H and O–H groups in total. The second-order valence-electron chi connectivity index (χ2n) is 3.90. The van der Waals surface area contributed by atoms with E-state index in [1.165, 1.54) is 0 Å². The van der Waals surface area contributed by atoms with Gasteiger partial charge in [0.25, 0.3) is 0 Å². The van der Waals surface area contributed by atoms with Gasteiger partial charge >= 0.3 is 0 Å². The number of pyridine rings is 1. The van der Waals surface area contributed by atoms with E-state index in [4.69, 9.17) is 4.74 Å². The first-order valence-corrected chi connectivity index (χ1v) is 5.09. The number of ketones is 1. The van der Waals surface area contributed by atoms with Gasteiger partial charge in [0.05, 0.1) is 0 Å². The zero-order valence-corrected chi connectivity index (χ0v) is 9.43. The normalized spacial score (nSPS) is 12.8. The van der Waals surface area contributed by atoms with Gasteiger partial charge in [0.15, 0.2) is 5.78 Å². The Kier molecular flexibility index (Phi) is 4.43. The molecule has 1 atom stereocenters. The van der Waals surface area contributed by atoms with Crippen LogP contribution in [0.4, 0.5) is 0 Å². The van der Waals surface area contributed by atoms with Crippen molar-refractivity contribution in [2.75, 3.05) is 7.11 Å². The summed E-state index contributed by atoms with van der Waals surface area (Å²) in [5.74, 6) is 0.319. The Balaban J connectivity index is 2.62. The third kappa shape index (κ3) is 3.44. The highest BCUT2D eigenvalue weighted by Gasteiger charge is 2.21. The minimum Gasteiger partial charge on any atom is -0.373 e. The molecule has 0 saturated carbocycles. The van der Waals surface area contributed by atoms with Gasteiger partial charge in [-0.2, -0.15) is 0 Å². The quantitative estimate of drug-likeness (QED) is 0.739. The van der Waals surface area contributed by atoms with E-state index >= 15 is 0 Å². The van der Waals surface area contributed by atoms with E-state index in [9.17, 15) is 4.79 Å². The topological polar surface area (TPSA) is 39.2 Å². The minimum absolute atomic E-state index is 0.112. The number of aromatic nitrogens is 1. The van der Waals surface area contributed by atoms with Crippen LogP contribution in [-0.4, -0.2) is 24.0 Å². The maximum absolute atomic E-state index is 11.8. The lowest BCUT2D eigenvalue weighted by atomic mass is 9.98. The molecule has 0 amide bonds. The number of Topliss-reactive ketones (excluding diaryl/α,β-unsaturated/α-hetero) is 1. The van der Waals surface area contributed by atoms with Gasteiger partial charge in [-0.3, -0.25) is 9.78 Å². The molecule has 0 radical (unpaired) electrons. The number of hydrogen-bond donors (Lipinski definition) is 0. The van der Waals surface area contributed by atoms with E-state index in [0.717, 1.165) is 5.56 Å². The predicted octanol–water partition coefficient (Wildman–Crippen LogP) is 1.86. The summed E-state index contributed by atoms with van der Waals surface area (Å²) in [4.78, 5) is 15.8. The monoisotopic (exact) mass is 207 g/mol. The molecular weight excluding hydrogens is 190 g/mol. The van der Waals surface area contributed by atoms with Gasteiger partial charge in [0, 0.05) is 25.9 Å². The molecule has 0 aliphatic heterocycles. The van der Waals surface area contributed by atoms with Crippen molar-refractivity contribution >= 4 is 5.78 Å². The standard InChI is InChI=1S/C12H17NO2/c1-9(2)12(15-3)11(14)7-10-5-4-6-13-8-10/h4-6,8-9,12H,7H2,1-3H3. The Morgan fingerprint density at radius 1 is 1.53 bits per heavy atom. The Morgan fingerprint density at radius 3 is 2.73 bits per heavy atom. The van der Waals surface area contributed by atoms with Crippen LogP contribution in [0.15, 0.2) is 24.5 Å². The van der Waals surface area contributed by atoms with Gasteiger partial charge in [-0.15, -0.1) is 0 Å². The summed E-state index contributed by atoms with van der Waals surface area (Å²) in [7, 11) is 1.58. The number of carbonyl (C=O) groups excluding carboxylic acids is 1. The third-order valence-electron chi connectivity index (χ3n) is 2.28. The molecule has 0 aliphatic rings. The lowest BCUT2D eigenvalue weighted by Gasteiger charge is -2.17. The molecule has 0 aliphatic carbocycles. The van der Waals surface area contributed by atoms with Crippen molar-refractivity contribution in [2.45, 2.75) is 26.4 Å². The van der Waals surface area contributed by atoms with Gasteiger partial charge in [-0.25, -0.2) is 0 Å². The van der Waals surface area contributed by atoms with Crippen LogP contribution in [-0.2, 0) is 16.0 Å². The van der Waals surface area contributed by atoms with E-state index in [2.05, 4.69) is 4.98 Å². The van der Waals surface area contributed by atoms with Crippen LogP contribution in [0.5, 0.6) is 0 Å². The van der Waals surface area contributed by atoms with Crippen LogP contribution in [0.1, 0.15) is 19.4 Å². The number of nitrogens with zero attached hydrogens (tertiary/aromatic N) is 1. The SMILES string of the molecule is COC(C(=O)Cc1cccnc1)C(C)C. The summed E-state index contributed by atoms with van der Waals surface area (Å²) in [5, 5.41) is 0. The molecule has 1 aromatic rings. The van der Waals surface area contributed by atoms with Crippen molar-refractivity contribution in [3.05, 3.63) is 30.1 Å². The summed E-state index contributed by atoms with van der Waals surface area (Å²) in [6.45, 7) is 3.96. The highest BCUT2D eigenvalue weighted by Crippen LogP contribution is 2.10. The van der Waals surface area contributed by atoms with E-state index in [-0.39, 0.29) is 17.8 Å². The van der Waals surface area contributed by atoms with Gasteiger partial charge in [-0.05, 0) is 17.5 Å². The number of hydrogen-bond acceptors (Lipinski definition) is 3. The van der Waals surface area contributed by atoms with Crippen molar-refractivity contribution in [3.8, 4) is 0 Å². The molecule has 0 saturated heterocycles. The van der Waals surface area contributed by atoms with Gasteiger partial charge in [0.1, 0.15) is 6.10 Å². The first-order chi connectivity index (χ1) is 7.15. The van der Waals surface area contributed by atoms with Crippen LogP contribution in [0.25, 0.3) is 0 Å². The zero-order valence-electron chi connectivity index (χ0n) is 9.43. The number of rotatable bonds is 5. The average Bonchev–Trinajstić information content (AvgIpc) is 2.19. The van der Waals surface area contributed by atoms with E-state index in [1.54, 1.807) is 19.5 Å². The van der Waals surface area contributed by atoms with Crippen LogP contribution in [0, 0.1) is 5.92 Å². The Labute approximate surface area is 90.5 Å². The molecule has 0 spiro atoms. The summed E-state index contributed by atoms with van der Waals surface area (Å²) in [5.41, 5.74) is 0.935. The molecule has 0 bridgehead atoms. The highest BCUT2D eigenvalue weighted by atomic mass is 16.5. The molecule has 1 aromatic heterocycles. The van der Waals surface area contributed by atoms with Crippen molar-refractivity contribution in [1.29, 1.82) is 0 Å². The van der Waals surface area contributed by atoms with E-state index in [0.29, 0.717) is 6.42 Å². The molecule has 0 aromatic carbocycles. The number of methoxy groups -OCH3 is 1. The predicted molar refractivity (Wildman–Crippen MR) is 58.6 cm³/mol. The fraction of sp³-hybridized carbons (Fsp3) is 0.500. The van der Waals surface area contributed by atoms with Gasteiger partial charge < -0.3 is 4.74 Å². The lowest BCUT2D eigenvalue weighted by Crippen LogP contribution is -2.29. The smallest absolute Gasteiger partial charge is 0.166 e. The second-order valence-corrected chi connectivity index (χ2v) is 3.90. The van der Waals surface area contributed by atoms with Crippen LogP contribution in [0.3, 0.4) is 0 Å². The van der Waals surface area contributed by atoms with E-state index < -0.39 is 0 Å². The second kappa shape index (κ2) is 5.61. The maximum Gasteiger partial charge on any atom is 0.166 e. The third-order valence-corrected chi connectivity index (χ3v) is 2.28. The first-order valence-electron chi connectivity index (χ1n) is 5.09. The maximum atomic E-state index is 11.8. The highest BCUT2D eigenvalue weighted by molar-refractivity contribution is 5.85. The fourth-order valence-electron chi connectivity index (χ4n) is 1.58. The molecule has 15 heavy (non-hydrogen) atoms. The van der Waals surface area contributed by atoms with Gasteiger partial charge in [-0.1, -0.05) is 19.9 Å².